The van der Waals surface area contributed by atoms with E-state index in [1.165, 1.54) is 0 Å². The van der Waals surface area contributed by atoms with E-state index in [2.05, 4.69) is 49.4 Å². The Hall–Kier alpha value is -0.123. The van der Waals surface area contributed by atoms with E-state index < -0.39 is 0 Å². The predicted octanol–water partition coefficient (Wildman–Crippen LogP) is 1.13. The van der Waals surface area contributed by atoms with Crippen molar-refractivity contribution in [3.05, 3.63) is 11.8 Å². The van der Waals surface area contributed by atoms with E-state index >= 15 is 0 Å². The molecule has 0 aromatic heterocycles. The van der Waals surface area contributed by atoms with E-state index in [9.17, 15) is 0 Å². The quantitative estimate of drug-likeness (QED) is 0.376. The first-order valence-corrected chi connectivity index (χ1v) is 6.82. The zero-order chi connectivity index (χ0) is 10.1. The summed E-state index contributed by atoms with van der Waals surface area (Å²) in [4.78, 5) is 5.92. The van der Waals surface area contributed by atoms with Gasteiger partial charge in [-0.3, -0.25) is 4.90 Å². The Balaban J connectivity index is 3.33. The monoisotopic (exact) mass is 200 g/mol. The number of nitrogens with one attached hydrogen (secondary N) is 1. The molecule has 0 aliphatic carbocycles. The maximum Gasteiger partial charge on any atom is 0.117 e. The fraction of sp³-hybridized carbons (Fsp3) is 0.800. The molecular weight excluding hydrogens is 176 g/mol. The minimum atomic E-state index is -0.165. The Kier molecular flexibility index (Phi) is 8.39. The van der Waals surface area contributed by atoms with Crippen LogP contribution in [-0.2, 0) is 0 Å². The average molecular weight is 200 g/mol. The third-order valence-corrected chi connectivity index (χ3v) is 3.03. The average Bonchev–Trinajstić information content (AvgIpc) is 2.11. The molecule has 1 N–H and O–H groups in total. The summed E-state index contributed by atoms with van der Waals surface area (Å²) in [5.41, 5.74) is 2.34. The highest BCUT2D eigenvalue weighted by molar-refractivity contribution is 6.38. The number of hydrogen-bond donors (Lipinski definition) is 1. The number of hydrogen-bond acceptors (Lipinski definition) is 2. The lowest BCUT2D eigenvalue weighted by atomic mass is 10.2. The minimum Gasteiger partial charge on any atom is -0.327 e. The van der Waals surface area contributed by atoms with Crippen LogP contribution in [0.3, 0.4) is 0 Å². The first kappa shape index (κ1) is 12.9. The fourth-order valence-corrected chi connectivity index (χ4v) is 2.39. The lowest BCUT2D eigenvalue weighted by Crippen LogP contribution is -2.35. The van der Waals surface area contributed by atoms with Gasteiger partial charge in [0, 0.05) is 6.67 Å². The van der Waals surface area contributed by atoms with Gasteiger partial charge in [0.05, 0.1) is 0 Å². The smallest absolute Gasteiger partial charge is 0.117 e. The summed E-state index contributed by atoms with van der Waals surface area (Å²) in [5, 5.41) is 0. The van der Waals surface area contributed by atoms with Crippen LogP contribution < -0.4 is 4.98 Å². The minimum absolute atomic E-state index is 0.165. The van der Waals surface area contributed by atoms with Gasteiger partial charge in [0.15, 0.2) is 0 Å². The second kappa shape index (κ2) is 8.47. The molecule has 78 valence electrons. The molecule has 0 aliphatic heterocycles. The normalized spacial score (nSPS) is 13.1. The van der Waals surface area contributed by atoms with E-state index in [-0.39, 0.29) is 9.68 Å². The molecule has 2 nitrogen and oxygen atoms in total. The van der Waals surface area contributed by atoms with Gasteiger partial charge in [0.1, 0.15) is 9.68 Å². The van der Waals surface area contributed by atoms with Crippen LogP contribution in [0.4, 0.5) is 0 Å². The maximum atomic E-state index is 3.52. The molecule has 0 amide bonds. The topological polar surface area (TPSA) is 15.3 Å². The summed E-state index contributed by atoms with van der Waals surface area (Å²) in [6.07, 6.45) is 2.29. The van der Waals surface area contributed by atoms with Crippen LogP contribution in [0, 0.1) is 5.92 Å². The van der Waals surface area contributed by atoms with E-state index in [0.29, 0.717) is 5.92 Å². The molecule has 0 saturated carbocycles. The molecular formula is C10H24N2Si. The lowest BCUT2D eigenvalue weighted by molar-refractivity contribution is 0.301. The molecule has 0 rings (SSSR count). The van der Waals surface area contributed by atoms with Crippen LogP contribution >= 0.6 is 0 Å². The molecule has 0 fully saturated rings. The molecule has 0 aromatic carbocycles. The SMILES string of the molecule is CCN(CC)CN[SiH2]C=CC(C)C. The molecule has 0 aromatic rings. The molecule has 0 aliphatic rings. The first-order chi connectivity index (χ1) is 6.20. The molecule has 0 bridgehead atoms. The molecule has 13 heavy (non-hydrogen) atoms. The number of rotatable bonds is 7. The molecule has 0 unspecified atom stereocenters. The second-order valence-electron chi connectivity index (χ2n) is 3.59. The van der Waals surface area contributed by atoms with Crippen molar-refractivity contribution in [2.24, 2.45) is 5.92 Å². The first-order valence-electron chi connectivity index (χ1n) is 5.30. The summed E-state index contributed by atoms with van der Waals surface area (Å²) < 4.78 is 0. The lowest BCUT2D eigenvalue weighted by Gasteiger charge is -2.17. The molecule has 3 heteroatoms. The molecule has 0 radical (unpaired) electrons. The molecule has 0 atom stereocenters. The number of allylic oxidation sites excluding steroid dienone is 1. The summed E-state index contributed by atoms with van der Waals surface area (Å²) >= 11 is 0. The summed E-state index contributed by atoms with van der Waals surface area (Å²) in [5.74, 6) is 0.697. The van der Waals surface area contributed by atoms with Crippen LogP contribution in [0.5, 0.6) is 0 Å². The number of nitrogens with zero attached hydrogens (tertiary/aromatic N) is 1. The molecule has 0 saturated heterocycles. The van der Waals surface area contributed by atoms with Gasteiger partial charge in [-0.25, -0.2) is 0 Å². The Bertz CT molecular complexity index is 131. The van der Waals surface area contributed by atoms with Gasteiger partial charge in [-0.15, -0.1) is 0 Å². The highest BCUT2D eigenvalue weighted by atomic mass is 28.2. The Morgan fingerprint density at radius 1 is 1.31 bits per heavy atom. The summed E-state index contributed by atoms with van der Waals surface area (Å²) in [6, 6.07) is 0. The van der Waals surface area contributed by atoms with Crippen LogP contribution in [0.1, 0.15) is 27.7 Å². The molecule has 0 heterocycles. The fourth-order valence-electron chi connectivity index (χ4n) is 1.09. The second-order valence-corrected chi connectivity index (χ2v) is 4.97. The van der Waals surface area contributed by atoms with Crippen molar-refractivity contribution in [3.8, 4) is 0 Å². The molecule has 0 spiro atoms. The van der Waals surface area contributed by atoms with Gasteiger partial charge in [-0.1, -0.05) is 39.5 Å². The zero-order valence-electron chi connectivity index (χ0n) is 9.51. The van der Waals surface area contributed by atoms with Crippen LogP contribution in [0.2, 0.25) is 0 Å². The van der Waals surface area contributed by atoms with Crippen molar-refractivity contribution >= 4 is 9.68 Å². The van der Waals surface area contributed by atoms with Crippen molar-refractivity contribution in [1.29, 1.82) is 0 Å². The third-order valence-electron chi connectivity index (χ3n) is 2.01. The highest BCUT2D eigenvalue weighted by Gasteiger charge is 1.95. The van der Waals surface area contributed by atoms with Crippen molar-refractivity contribution in [1.82, 2.24) is 9.88 Å². The van der Waals surface area contributed by atoms with Gasteiger partial charge in [0.2, 0.25) is 0 Å². The summed E-state index contributed by atoms with van der Waals surface area (Å²) in [7, 11) is -0.165. The van der Waals surface area contributed by atoms with E-state index in [1.54, 1.807) is 0 Å². The van der Waals surface area contributed by atoms with E-state index in [4.69, 9.17) is 0 Å². The Morgan fingerprint density at radius 3 is 2.38 bits per heavy atom. The van der Waals surface area contributed by atoms with Gasteiger partial charge in [-0.05, 0) is 19.0 Å². The maximum absolute atomic E-state index is 3.52. The van der Waals surface area contributed by atoms with E-state index in [0.717, 1.165) is 19.8 Å². The van der Waals surface area contributed by atoms with Gasteiger partial charge in [-0.2, -0.15) is 0 Å². The van der Waals surface area contributed by atoms with Crippen LogP contribution in [0.15, 0.2) is 11.8 Å². The Morgan fingerprint density at radius 2 is 1.92 bits per heavy atom. The zero-order valence-corrected chi connectivity index (χ0v) is 10.9. The van der Waals surface area contributed by atoms with Crippen molar-refractivity contribution in [2.75, 3.05) is 19.8 Å². The van der Waals surface area contributed by atoms with Crippen molar-refractivity contribution in [3.63, 3.8) is 0 Å². The highest BCUT2D eigenvalue weighted by Crippen LogP contribution is 1.91. The third kappa shape index (κ3) is 8.21. The van der Waals surface area contributed by atoms with Crippen molar-refractivity contribution in [2.45, 2.75) is 27.7 Å². The van der Waals surface area contributed by atoms with E-state index in [1.807, 2.05) is 0 Å². The van der Waals surface area contributed by atoms with Crippen LogP contribution in [0.25, 0.3) is 0 Å². The van der Waals surface area contributed by atoms with Gasteiger partial charge in [0.25, 0.3) is 0 Å². The van der Waals surface area contributed by atoms with Crippen LogP contribution in [-0.4, -0.2) is 34.3 Å². The largest absolute Gasteiger partial charge is 0.327 e. The Labute approximate surface area is 85.3 Å². The predicted molar refractivity (Wildman–Crippen MR) is 63.4 cm³/mol. The van der Waals surface area contributed by atoms with Gasteiger partial charge >= 0.3 is 0 Å². The van der Waals surface area contributed by atoms with Crippen molar-refractivity contribution < 1.29 is 0 Å². The standard InChI is InChI=1S/C10H24N2Si/c1-5-12(6-2)9-11-13-8-7-10(3)4/h7-8,10-11H,5-6,9,13H2,1-4H3. The van der Waals surface area contributed by atoms with Gasteiger partial charge < -0.3 is 4.98 Å². The summed E-state index contributed by atoms with van der Waals surface area (Å²) in [6.45, 7) is 12.2.